The minimum Gasteiger partial charge on any atom is -0.345 e. The number of likely N-dealkylation sites (tertiary alicyclic amines) is 1. The number of nitrogens with one attached hydrogen (secondary N) is 2. The maximum absolute atomic E-state index is 12.2. The van der Waals surface area contributed by atoms with E-state index in [9.17, 15) is 14.4 Å². The molecule has 1 aliphatic carbocycles. The van der Waals surface area contributed by atoms with Crippen LogP contribution in [0, 0.1) is 5.92 Å². The van der Waals surface area contributed by atoms with Crippen molar-refractivity contribution >= 4 is 17.6 Å². The molecule has 1 aromatic carbocycles. The second-order valence-corrected chi connectivity index (χ2v) is 7.58. The van der Waals surface area contributed by atoms with Crippen molar-refractivity contribution in [3.8, 4) is 0 Å². The van der Waals surface area contributed by atoms with Crippen LogP contribution in [0.25, 0.3) is 0 Å². The Labute approximate surface area is 154 Å². The molecule has 6 nitrogen and oxygen atoms in total. The highest BCUT2D eigenvalue weighted by Gasteiger charge is 2.32. The molecule has 1 heterocycles. The van der Waals surface area contributed by atoms with E-state index >= 15 is 0 Å². The van der Waals surface area contributed by atoms with Crippen LogP contribution in [0.15, 0.2) is 24.3 Å². The molecule has 1 aromatic rings. The Balaban J connectivity index is 1.49. The van der Waals surface area contributed by atoms with E-state index in [1.54, 1.807) is 6.07 Å². The number of amides is 2. The maximum atomic E-state index is 12.2. The lowest BCUT2D eigenvalue weighted by Crippen LogP contribution is -2.51. The zero-order chi connectivity index (χ0) is 18.7. The van der Waals surface area contributed by atoms with Crippen LogP contribution in [0.5, 0.6) is 0 Å². The van der Waals surface area contributed by atoms with E-state index < -0.39 is 0 Å². The van der Waals surface area contributed by atoms with Gasteiger partial charge in [0.15, 0.2) is 5.78 Å². The predicted molar refractivity (Wildman–Crippen MR) is 99.0 cm³/mol. The Morgan fingerprint density at radius 3 is 2.54 bits per heavy atom. The number of nitrogens with zero attached hydrogens (tertiary/aromatic N) is 1. The van der Waals surface area contributed by atoms with Crippen molar-refractivity contribution in [3.63, 3.8) is 0 Å². The number of hydrogen-bond acceptors (Lipinski definition) is 4. The number of Topliss-reactive ketones (excluding diaryl/α,β-unsaturated/α-hetero) is 1. The van der Waals surface area contributed by atoms with E-state index in [2.05, 4.69) is 10.6 Å². The zero-order valence-corrected chi connectivity index (χ0v) is 15.5. The molecule has 0 unspecified atom stereocenters. The average molecular weight is 357 g/mol. The SMILES string of the molecule is CC(C)C(=O)CNC(=O)c1cccc(C2CN(C(=O)CNC3CC3)C2)c1. The first kappa shape index (κ1) is 18.6. The molecule has 1 aliphatic heterocycles. The van der Waals surface area contributed by atoms with Gasteiger partial charge in [-0.3, -0.25) is 14.4 Å². The zero-order valence-electron chi connectivity index (χ0n) is 15.5. The fourth-order valence-corrected chi connectivity index (χ4v) is 2.93. The van der Waals surface area contributed by atoms with Gasteiger partial charge < -0.3 is 15.5 Å². The number of carbonyl (C=O) groups is 3. The van der Waals surface area contributed by atoms with Gasteiger partial charge in [0.1, 0.15) is 0 Å². The highest BCUT2D eigenvalue weighted by Crippen LogP contribution is 2.27. The lowest BCUT2D eigenvalue weighted by Gasteiger charge is -2.39. The second-order valence-electron chi connectivity index (χ2n) is 7.58. The molecule has 26 heavy (non-hydrogen) atoms. The third kappa shape index (κ3) is 4.69. The lowest BCUT2D eigenvalue weighted by atomic mass is 9.90. The molecular weight excluding hydrogens is 330 g/mol. The van der Waals surface area contributed by atoms with E-state index in [0.717, 1.165) is 5.56 Å². The highest BCUT2D eigenvalue weighted by atomic mass is 16.2. The summed E-state index contributed by atoms with van der Waals surface area (Å²) in [7, 11) is 0. The van der Waals surface area contributed by atoms with Crippen molar-refractivity contribution in [3.05, 3.63) is 35.4 Å². The van der Waals surface area contributed by atoms with Crippen LogP contribution in [-0.2, 0) is 9.59 Å². The minimum absolute atomic E-state index is 0.0162. The first-order chi connectivity index (χ1) is 12.4. The first-order valence-electron chi connectivity index (χ1n) is 9.36. The molecular formula is C20H27N3O3. The fourth-order valence-electron chi connectivity index (χ4n) is 2.93. The van der Waals surface area contributed by atoms with E-state index in [0.29, 0.717) is 31.2 Å². The van der Waals surface area contributed by atoms with Crippen LogP contribution in [0.2, 0.25) is 0 Å². The molecule has 3 rings (SSSR count). The lowest BCUT2D eigenvalue weighted by molar-refractivity contribution is -0.134. The first-order valence-corrected chi connectivity index (χ1v) is 9.36. The normalized spacial score (nSPS) is 17.1. The molecule has 140 valence electrons. The van der Waals surface area contributed by atoms with Crippen molar-refractivity contribution in [2.75, 3.05) is 26.2 Å². The van der Waals surface area contributed by atoms with Gasteiger partial charge in [-0.05, 0) is 30.5 Å². The van der Waals surface area contributed by atoms with Crippen LogP contribution in [0.3, 0.4) is 0 Å². The molecule has 2 N–H and O–H groups in total. The van der Waals surface area contributed by atoms with E-state index in [4.69, 9.17) is 0 Å². The van der Waals surface area contributed by atoms with E-state index in [1.165, 1.54) is 12.8 Å². The molecule has 1 saturated heterocycles. The summed E-state index contributed by atoms with van der Waals surface area (Å²) >= 11 is 0. The van der Waals surface area contributed by atoms with Crippen LogP contribution in [0.4, 0.5) is 0 Å². The monoisotopic (exact) mass is 357 g/mol. The van der Waals surface area contributed by atoms with Crippen molar-refractivity contribution in [2.45, 2.75) is 38.6 Å². The van der Waals surface area contributed by atoms with Gasteiger partial charge in [-0.15, -0.1) is 0 Å². The van der Waals surface area contributed by atoms with Crippen LogP contribution in [0.1, 0.15) is 48.5 Å². The van der Waals surface area contributed by atoms with Crippen LogP contribution < -0.4 is 10.6 Å². The van der Waals surface area contributed by atoms with Gasteiger partial charge in [0.2, 0.25) is 5.91 Å². The largest absolute Gasteiger partial charge is 0.345 e. The molecule has 0 spiro atoms. The van der Waals surface area contributed by atoms with Crippen molar-refractivity contribution in [1.29, 1.82) is 0 Å². The molecule has 0 atom stereocenters. The second kappa shape index (κ2) is 7.99. The number of benzene rings is 1. The summed E-state index contributed by atoms with van der Waals surface area (Å²) in [5, 5.41) is 5.92. The van der Waals surface area contributed by atoms with Crippen LogP contribution in [-0.4, -0.2) is 54.7 Å². The summed E-state index contributed by atoms with van der Waals surface area (Å²) in [4.78, 5) is 37.8. The van der Waals surface area contributed by atoms with Gasteiger partial charge in [-0.25, -0.2) is 0 Å². The molecule has 2 fully saturated rings. The van der Waals surface area contributed by atoms with Crippen LogP contribution >= 0.6 is 0 Å². The fraction of sp³-hybridized carbons (Fsp3) is 0.550. The standard InChI is InChI=1S/C20H27N3O3/c1-13(2)18(24)9-22-20(26)15-5-3-4-14(8-15)16-11-23(12-16)19(25)10-21-17-6-7-17/h3-5,8,13,16-17,21H,6-7,9-12H2,1-2H3,(H,22,26). The number of ketones is 1. The summed E-state index contributed by atoms with van der Waals surface area (Å²) in [5.74, 6) is 0.109. The number of hydrogen-bond donors (Lipinski definition) is 2. The molecule has 0 aromatic heterocycles. The summed E-state index contributed by atoms with van der Waals surface area (Å²) in [6, 6.07) is 8.00. The smallest absolute Gasteiger partial charge is 0.251 e. The Morgan fingerprint density at radius 1 is 1.15 bits per heavy atom. The Kier molecular flexibility index (Phi) is 5.71. The molecule has 0 bridgehead atoms. The van der Waals surface area contributed by atoms with Gasteiger partial charge >= 0.3 is 0 Å². The molecule has 2 amide bonds. The Bertz CT molecular complexity index is 691. The summed E-state index contributed by atoms with van der Waals surface area (Å²) < 4.78 is 0. The number of carbonyl (C=O) groups excluding carboxylic acids is 3. The maximum Gasteiger partial charge on any atom is 0.251 e. The summed E-state index contributed by atoms with van der Waals surface area (Å²) in [5.41, 5.74) is 1.62. The third-order valence-electron chi connectivity index (χ3n) is 5.04. The summed E-state index contributed by atoms with van der Waals surface area (Å²) in [6.45, 7) is 5.51. The van der Waals surface area contributed by atoms with Gasteiger partial charge in [0.05, 0.1) is 13.1 Å². The van der Waals surface area contributed by atoms with Crippen molar-refractivity contribution in [1.82, 2.24) is 15.5 Å². The van der Waals surface area contributed by atoms with Gasteiger partial charge in [0.25, 0.3) is 5.91 Å². The minimum atomic E-state index is -0.235. The topological polar surface area (TPSA) is 78.5 Å². The predicted octanol–water partition coefficient (Wildman–Crippen LogP) is 1.32. The average Bonchev–Trinajstić information content (AvgIpc) is 3.40. The van der Waals surface area contributed by atoms with Crippen molar-refractivity contribution < 1.29 is 14.4 Å². The molecule has 1 saturated carbocycles. The molecule has 0 radical (unpaired) electrons. The number of rotatable bonds is 8. The Morgan fingerprint density at radius 2 is 1.88 bits per heavy atom. The highest BCUT2D eigenvalue weighted by molar-refractivity contribution is 5.97. The Hall–Kier alpha value is -2.21. The van der Waals surface area contributed by atoms with Crippen molar-refractivity contribution in [2.24, 2.45) is 5.92 Å². The van der Waals surface area contributed by atoms with E-state index in [-0.39, 0.29) is 36.0 Å². The summed E-state index contributed by atoms with van der Waals surface area (Å²) in [6.07, 6.45) is 2.35. The van der Waals surface area contributed by atoms with E-state index in [1.807, 2.05) is 36.9 Å². The quantitative estimate of drug-likeness (QED) is 0.735. The molecule has 6 heteroatoms. The van der Waals surface area contributed by atoms with Gasteiger partial charge in [0, 0.05) is 36.5 Å². The van der Waals surface area contributed by atoms with Gasteiger partial charge in [-0.1, -0.05) is 26.0 Å². The third-order valence-corrected chi connectivity index (χ3v) is 5.04. The van der Waals surface area contributed by atoms with Gasteiger partial charge in [-0.2, -0.15) is 0 Å². The molecule has 2 aliphatic rings.